The first-order valence-corrected chi connectivity index (χ1v) is 5.43. The van der Waals surface area contributed by atoms with Crippen molar-refractivity contribution in [2.45, 2.75) is 26.4 Å². The van der Waals surface area contributed by atoms with Crippen LogP contribution in [0.25, 0.3) is 0 Å². The number of aromatic nitrogens is 1. The number of nitrogens with two attached hydrogens (primary N) is 1. The van der Waals surface area contributed by atoms with Crippen molar-refractivity contribution in [3.8, 4) is 0 Å². The maximum Gasteiger partial charge on any atom is 0.239 e. The third-order valence-electron chi connectivity index (χ3n) is 2.50. The summed E-state index contributed by atoms with van der Waals surface area (Å²) in [4.78, 5) is 17.7. The Morgan fingerprint density at radius 2 is 2.19 bits per heavy atom. The van der Waals surface area contributed by atoms with Gasteiger partial charge in [-0.1, -0.05) is 19.9 Å². The van der Waals surface area contributed by atoms with E-state index in [0.717, 1.165) is 5.69 Å². The largest absolute Gasteiger partial charge is 0.339 e. The molecule has 0 aromatic carbocycles. The maximum atomic E-state index is 11.9. The molecule has 0 bridgehead atoms. The van der Waals surface area contributed by atoms with Crippen molar-refractivity contribution in [3.63, 3.8) is 0 Å². The molecule has 1 heterocycles. The van der Waals surface area contributed by atoms with Gasteiger partial charge >= 0.3 is 0 Å². The van der Waals surface area contributed by atoms with Gasteiger partial charge < -0.3 is 10.6 Å². The van der Waals surface area contributed by atoms with Crippen LogP contribution in [0.15, 0.2) is 24.4 Å². The number of carbonyl (C=O) groups excluding carboxylic acids is 1. The molecule has 2 N–H and O–H groups in total. The van der Waals surface area contributed by atoms with Crippen molar-refractivity contribution in [3.05, 3.63) is 30.1 Å². The lowest BCUT2D eigenvalue weighted by Crippen LogP contribution is -2.44. The quantitative estimate of drug-likeness (QED) is 0.826. The first-order valence-electron chi connectivity index (χ1n) is 5.43. The molecule has 1 atom stereocenters. The molecule has 1 rings (SSSR count). The Bertz CT molecular complexity index is 337. The van der Waals surface area contributed by atoms with Crippen LogP contribution >= 0.6 is 0 Å². The monoisotopic (exact) mass is 221 g/mol. The van der Waals surface area contributed by atoms with E-state index >= 15 is 0 Å². The van der Waals surface area contributed by atoms with Gasteiger partial charge in [-0.2, -0.15) is 0 Å². The molecule has 0 aliphatic carbocycles. The second kappa shape index (κ2) is 5.61. The molecule has 0 fully saturated rings. The number of carbonyl (C=O) groups is 1. The summed E-state index contributed by atoms with van der Waals surface area (Å²) < 4.78 is 0. The van der Waals surface area contributed by atoms with Gasteiger partial charge in [0.15, 0.2) is 0 Å². The average molecular weight is 221 g/mol. The Balaban J connectivity index is 2.59. The molecule has 1 aromatic heterocycles. The second-order valence-electron chi connectivity index (χ2n) is 4.29. The lowest BCUT2D eigenvalue weighted by molar-refractivity contribution is -0.132. The summed E-state index contributed by atoms with van der Waals surface area (Å²) in [6.07, 6.45) is 1.72. The van der Waals surface area contributed by atoms with Crippen LogP contribution in [-0.4, -0.2) is 28.9 Å². The van der Waals surface area contributed by atoms with Gasteiger partial charge in [0.05, 0.1) is 18.3 Å². The number of amides is 1. The molecule has 1 amide bonds. The summed E-state index contributed by atoms with van der Waals surface area (Å²) in [7, 11) is 1.75. The Hall–Kier alpha value is -1.42. The number of hydrogen-bond acceptors (Lipinski definition) is 3. The third kappa shape index (κ3) is 3.31. The number of pyridine rings is 1. The van der Waals surface area contributed by atoms with E-state index in [2.05, 4.69) is 4.98 Å². The van der Waals surface area contributed by atoms with E-state index < -0.39 is 6.04 Å². The van der Waals surface area contributed by atoms with E-state index in [1.54, 1.807) is 18.1 Å². The fourth-order valence-corrected chi connectivity index (χ4v) is 1.35. The minimum atomic E-state index is -0.436. The predicted molar refractivity (Wildman–Crippen MR) is 63.5 cm³/mol. The first-order chi connectivity index (χ1) is 7.52. The molecule has 0 aliphatic rings. The van der Waals surface area contributed by atoms with E-state index in [4.69, 9.17) is 5.73 Å². The topological polar surface area (TPSA) is 59.2 Å². The molecule has 4 heteroatoms. The molecular formula is C12H19N3O. The number of rotatable bonds is 4. The zero-order valence-corrected chi connectivity index (χ0v) is 10.1. The van der Waals surface area contributed by atoms with Crippen LogP contribution in [0, 0.1) is 5.92 Å². The Morgan fingerprint density at radius 1 is 1.50 bits per heavy atom. The molecular weight excluding hydrogens is 202 g/mol. The van der Waals surface area contributed by atoms with E-state index in [9.17, 15) is 4.79 Å². The van der Waals surface area contributed by atoms with Crippen LogP contribution in [-0.2, 0) is 11.3 Å². The highest BCUT2D eigenvalue weighted by Crippen LogP contribution is 2.05. The zero-order valence-electron chi connectivity index (χ0n) is 10.1. The fraction of sp³-hybridized carbons (Fsp3) is 0.500. The van der Waals surface area contributed by atoms with E-state index in [1.807, 2.05) is 32.0 Å². The number of hydrogen-bond donors (Lipinski definition) is 1. The van der Waals surface area contributed by atoms with Crippen molar-refractivity contribution in [1.29, 1.82) is 0 Å². The van der Waals surface area contributed by atoms with Crippen molar-refractivity contribution >= 4 is 5.91 Å². The van der Waals surface area contributed by atoms with E-state index in [0.29, 0.717) is 6.54 Å². The molecule has 88 valence electrons. The summed E-state index contributed by atoms with van der Waals surface area (Å²) >= 11 is 0. The van der Waals surface area contributed by atoms with E-state index in [1.165, 1.54) is 0 Å². The maximum absolute atomic E-state index is 11.9. The highest BCUT2D eigenvalue weighted by atomic mass is 16.2. The lowest BCUT2D eigenvalue weighted by atomic mass is 10.0. The van der Waals surface area contributed by atoms with Gasteiger partial charge in [-0.25, -0.2) is 0 Å². The minimum Gasteiger partial charge on any atom is -0.339 e. The Labute approximate surface area is 96.5 Å². The summed E-state index contributed by atoms with van der Waals surface area (Å²) in [6.45, 7) is 4.38. The molecule has 0 saturated heterocycles. The van der Waals surface area contributed by atoms with Crippen molar-refractivity contribution in [2.24, 2.45) is 11.7 Å². The normalized spacial score (nSPS) is 12.6. The first kappa shape index (κ1) is 12.6. The van der Waals surface area contributed by atoms with Gasteiger partial charge in [0.25, 0.3) is 0 Å². The molecule has 0 saturated carbocycles. The molecule has 0 spiro atoms. The summed E-state index contributed by atoms with van der Waals surface area (Å²) in [5, 5.41) is 0. The lowest BCUT2D eigenvalue weighted by Gasteiger charge is -2.23. The number of nitrogens with zero attached hydrogens (tertiary/aromatic N) is 2. The van der Waals surface area contributed by atoms with Gasteiger partial charge in [0, 0.05) is 13.2 Å². The van der Waals surface area contributed by atoms with Gasteiger partial charge in [-0.05, 0) is 18.1 Å². The Morgan fingerprint density at radius 3 is 2.69 bits per heavy atom. The van der Waals surface area contributed by atoms with Crippen LogP contribution in [0.2, 0.25) is 0 Å². The van der Waals surface area contributed by atoms with E-state index in [-0.39, 0.29) is 11.8 Å². The molecule has 0 radical (unpaired) electrons. The fourth-order valence-electron chi connectivity index (χ4n) is 1.35. The van der Waals surface area contributed by atoms with Crippen LogP contribution in [0.3, 0.4) is 0 Å². The standard InChI is InChI=1S/C12H19N3O/c1-9(2)11(13)12(16)15(3)8-10-6-4-5-7-14-10/h4-7,9,11H,8,13H2,1-3H3/t11-/m0/s1. The van der Waals surface area contributed by atoms with Gasteiger partial charge in [-0.15, -0.1) is 0 Å². The number of likely N-dealkylation sites (N-methyl/N-ethyl adjacent to an activating group) is 1. The average Bonchev–Trinajstić information content (AvgIpc) is 2.28. The molecule has 0 aliphatic heterocycles. The van der Waals surface area contributed by atoms with Gasteiger partial charge in [0.2, 0.25) is 5.91 Å². The van der Waals surface area contributed by atoms with Gasteiger partial charge in [-0.3, -0.25) is 9.78 Å². The van der Waals surface area contributed by atoms with Crippen molar-refractivity contribution in [1.82, 2.24) is 9.88 Å². The van der Waals surface area contributed by atoms with Crippen LogP contribution in [0.1, 0.15) is 19.5 Å². The van der Waals surface area contributed by atoms with Crippen molar-refractivity contribution in [2.75, 3.05) is 7.05 Å². The molecule has 4 nitrogen and oxygen atoms in total. The molecule has 0 unspecified atom stereocenters. The van der Waals surface area contributed by atoms with Gasteiger partial charge in [0.1, 0.15) is 0 Å². The summed E-state index contributed by atoms with van der Waals surface area (Å²) in [5.41, 5.74) is 6.67. The second-order valence-corrected chi connectivity index (χ2v) is 4.29. The van der Waals surface area contributed by atoms with Crippen LogP contribution < -0.4 is 5.73 Å². The molecule has 16 heavy (non-hydrogen) atoms. The van der Waals surface area contributed by atoms with Crippen LogP contribution in [0.4, 0.5) is 0 Å². The van der Waals surface area contributed by atoms with Crippen LogP contribution in [0.5, 0.6) is 0 Å². The minimum absolute atomic E-state index is 0.0411. The summed E-state index contributed by atoms with van der Waals surface area (Å²) in [5.74, 6) is 0.110. The smallest absolute Gasteiger partial charge is 0.239 e. The molecule has 1 aromatic rings. The highest BCUT2D eigenvalue weighted by molar-refractivity contribution is 5.81. The Kier molecular flexibility index (Phi) is 4.43. The SMILES string of the molecule is CC(C)[C@H](N)C(=O)N(C)Cc1ccccn1. The highest BCUT2D eigenvalue weighted by Gasteiger charge is 2.21. The predicted octanol–water partition coefficient (Wildman–Crippen LogP) is 1.02. The van der Waals surface area contributed by atoms with Crippen molar-refractivity contribution < 1.29 is 4.79 Å². The summed E-state index contributed by atoms with van der Waals surface area (Å²) in [6, 6.07) is 5.22. The zero-order chi connectivity index (χ0) is 12.1. The third-order valence-corrected chi connectivity index (χ3v) is 2.50.